The summed E-state index contributed by atoms with van der Waals surface area (Å²) in [6.07, 6.45) is 0. The molecule has 7 nitrogen and oxygen atoms in total. The Hall–Kier alpha value is -1.51. The van der Waals surface area contributed by atoms with Crippen LogP contribution in [0.2, 0.25) is 0 Å². The lowest BCUT2D eigenvalue weighted by atomic mass is 10.1. The molecule has 122 valence electrons. The molecule has 1 heterocycles. The number of aryl methyl sites for hydroxylation is 1. The predicted octanol–water partition coefficient (Wildman–Crippen LogP) is 1.54. The summed E-state index contributed by atoms with van der Waals surface area (Å²) in [6.45, 7) is 8.51. The van der Waals surface area contributed by atoms with Gasteiger partial charge in [-0.2, -0.15) is 4.31 Å². The highest BCUT2D eigenvalue weighted by Crippen LogP contribution is 2.28. The number of rotatable bonds is 4. The number of piperazine rings is 1. The van der Waals surface area contributed by atoms with Crippen molar-refractivity contribution in [3.8, 4) is 0 Å². The molecule has 1 aliphatic rings. The second-order valence-corrected chi connectivity index (χ2v) is 7.39. The summed E-state index contributed by atoms with van der Waals surface area (Å²) in [5.74, 6) is 0. The number of sulfonamides is 1. The van der Waals surface area contributed by atoms with Crippen LogP contribution in [0.5, 0.6) is 0 Å². The molecule has 0 amide bonds. The molecule has 0 radical (unpaired) electrons. The van der Waals surface area contributed by atoms with Crippen molar-refractivity contribution in [1.82, 2.24) is 9.21 Å². The molecule has 0 spiro atoms. The minimum atomic E-state index is -3.70. The van der Waals surface area contributed by atoms with Crippen molar-refractivity contribution >= 4 is 15.7 Å². The molecule has 0 aliphatic carbocycles. The molecule has 0 aromatic heterocycles. The van der Waals surface area contributed by atoms with Gasteiger partial charge in [0.1, 0.15) is 0 Å². The molecule has 0 N–H and O–H groups in total. The van der Waals surface area contributed by atoms with E-state index in [0.29, 0.717) is 37.3 Å². The van der Waals surface area contributed by atoms with Crippen molar-refractivity contribution in [2.45, 2.75) is 25.7 Å². The Morgan fingerprint density at radius 2 is 1.77 bits per heavy atom. The van der Waals surface area contributed by atoms with E-state index >= 15 is 0 Å². The van der Waals surface area contributed by atoms with E-state index in [1.165, 1.54) is 16.4 Å². The van der Waals surface area contributed by atoms with E-state index in [4.69, 9.17) is 0 Å². The van der Waals surface area contributed by atoms with Crippen LogP contribution in [0, 0.1) is 24.0 Å². The molecule has 0 unspecified atom stereocenters. The number of non-ortho nitro benzene ring substituents is 1. The van der Waals surface area contributed by atoms with E-state index in [-0.39, 0.29) is 10.6 Å². The summed E-state index contributed by atoms with van der Waals surface area (Å²) in [5.41, 5.74) is 0.998. The Balaban J connectivity index is 2.39. The van der Waals surface area contributed by atoms with Crippen LogP contribution < -0.4 is 0 Å². The van der Waals surface area contributed by atoms with Gasteiger partial charge < -0.3 is 4.90 Å². The van der Waals surface area contributed by atoms with Crippen LogP contribution in [0.4, 0.5) is 5.69 Å². The third-order valence-electron chi connectivity index (χ3n) is 4.21. The average Bonchev–Trinajstić information content (AvgIpc) is 2.49. The van der Waals surface area contributed by atoms with Crippen molar-refractivity contribution in [3.05, 3.63) is 33.4 Å². The summed E-state index contributed by atoms with van der Waals surface area (Å²) < 4.78 is 27.1. The Morgan fingerprint density at radius 3 is 2.27 bits per heavy atom. The van der Waals surface area contributed by atoms with Gasteiger partial charge in [-0.25, -0.2) is 8.42 Å². The van der Waals surface area contributed by atoms with Gasteiger partial charge in [-0.1, -0.05) is 6.92 Å². The number of nitrogens with zero attached hydrogens (tertiary/aromatic N) is 3. The van der Waals surface area contributed by atoms with Gasteiger partial charge in [-0.3, -0.25) is 10.1 Å². The Labute approximate surface area is 130 Å². The fourth-order valence-corrected chi connectivity index (χ4v) is 4.35. The normalized spacial score (nSPS) is 17.6. The molecular weight excluding hydrogens is 306 g/mol. The lowest BCUT2D eigenvalue weighted by molar-refractivity contribution is -0.385. The van der Waals surface area contributed by atoms with E-state index in [1.807, 2.05) is 6.92 Å². The fraction of sp³-hybridized carbons (Fsp3) is 0.571. The van der Waals surface area contributed by atoms with E-state index in [9.17, 15) is 18.5 Å². The van der Waals surface area contributed by atoms with Crippen LogP contribution in [0.15, 0.2) is 17.0 Å². The maximum Gasteiger partial charge on any atom is 0.271 e. The SMILES string of the molecule is CCN1CCN(S(=O)(=O)c2cc([N+](=O)[O-])cc(C)c2C)CC1. The van der Waals surface area contributed by atoms with Gasteiger partial charge in [0.25, 0.3) is 5.69 Å². The van der Waals surface area contributed by atoms with Crippen LogP contribution >= 0.6 is 0 Å². The van der Waals surface area contributed by atoms with Gasteiger partial charge in [0.05, 0.1) is 9.82 Å². The predicted molar refractivity (Wildman–Crippen MR) is 83.4 cm³/mol. The van der Waals surface area contributed by atoms with Gasteiger partial charge >= 0.3 is 0 Å². The molecule has 1 aliphatic heterocycles. The van der Waals surface area contributed by atoms with Gasteiger partial charge in [0.2, 0.25) is 10.0 Å². The van der Waals surface area contributed by atoms with E-state index in [0.717, 1.165) is 6.54 Å². The van der Waals surface area contributed by atoms with Gasteiger partial charge in [0.15, 0.2) is 0 Å². The quantitative estimate of drug-likeness (QED) is 0.619. The van der Waals surface area contributed by atoms with Crippen LogP contribution in [0.1, 0.15) is 18.1 Å². The first kappa shape index (κ1) is 16.9. The fourth-order valence-electron chi connectivity index (χ4n) is 2.61. The molecule has 1 saturated heterocycles. The van der Waals surface area contributed by atoms with Crippen molar-refractivity contribution in [2.75, 3.05) is 32.7 Å². The number of hydrogen-bond donors (Lipinski definition) is 0. The summed E-state index contributed by atoms with van der Waals surface area (Å²) in [6, 6.07) is 2.58. The zero-order valence-electron chi connectivity index (χ0n) is 13.1. The lowest BCUT2D eigenvalue weighted by Gasteiger charge is -2.33. The summed E-state index contributed by atoms with van der Waals surface area (Å²) in [7, 11) is -3.70. The molecule has 22 heavy (non-hydrogen) atoms. The molecule has 1 aromatic rings. The lowest BCUT2D eigenvalue weighted by Crippen LogP contribution is -2.48. The van der Waals surface area contributed by atoms with E-state index in [1.54, 1.807) is 13.8 Å². The summed E-state index contributed by atoms with van der Waals surface area (Å²) in [4.78, 5) is 12.7. The number of nitro groups is 1. The molecule has 0 saturated carbocycles. The number of likely N-dealkylation sites (N-methyl/N-ethyl adjacent to an activating group) is 1. The van der Waals surface area contributed by atoms with Crippen molar-refractivity contribution < 1.29 is 13.3 Å². The third kappa shape index (κ3) is 3.13. The second-order valence-electron chi connectivity index (χ2n) is 5.48. The standard InChI is InChI=1S/C14H21N3O4S/c1-4-15-5-7-16(8-6-15)22(20,21)14-10-13(17(18)19)9-11(2)12(14)3/h9-10H,4-8H2,1-3H3. The van der Waals surface area contributed by atoms with Crippen LogP contribution in [0.25, 0.3) is 0 Å². The average molecular weight is 327 g/mol. The maximum atomic E-state index is 12.8. The van der Waals surface area contributed by atoms with Gasteiger partial charge in [-0.05, 0) is 31.5 Å². The minimum absolute atomic E-state index is 0.0455. The molecule has 0 bridgehead atoms. The first-order valence-corrected chi connectivity index (χ1v) is 8.69. The van der Waals surface area contributed by atoms with Crippen LogP contribution in [0.3, 0.4) is 0 Å². The minimum Gasteiger partial charge on any atom is -0.301 e. The molecule has 1 fully saturated rings. The van der Waals surface area contributed by atoms with Crippen molar-refractivity contribution in [3.63, 3.8) is 0 Å². The zero-order valence-corrected chi connectivity index (χ0v) is 13.9. The highest BCUT2D eigenvalue weighted by molar-refractivity contribution is 7.89. The molecule has 2 rings (SSSR count). The van der Waals surface area contributed by atoms with E-state index in [2.05, 4.69) is 4.90 Å². The highest BCUT2D eigenvalue weighted by Gasteiger charge is 2.31. The first-order valence-electron chi connectivity index (χ1n) is 7.25. The second kappa shape index (κ2) is 6.31. The van der Waals surface area contributed by atoms with Crippen molar-refractivity contribution in [1.29, 1.82) is 0 Å². The molecule has 8 heteroatoms. The largest absolute Gasteiger partial charge is 0.301 e. The Morgan fingerprint density at radius 1 is 1.18 bits per heavy atom. The topological polar surface area (TPSA) is 83.8 Å². The monoisotopic (exact) mass is 327 g/mol. The Kier molecular flexibility index (Phi) is 4.84. The van der Waals surface area contributed by atoms with Crippen LogP contribution in [-0.4, -0.2) is 55.3 Å². The van der Waals surface area contributed by atoms with Crippen molar-refractivity contribution in [2.24, 2.45) is 0 Å². The number of nitro benzene ring substituents is 1. The van der Waals surface area contributed by atoms with Gasteiger partial charge in [0, 0.05) is 38.3 Å². The number of hydrogen-bond acceptors (Lipinski definition) is 5. The molecule has 1 aromatic carbocycles. The number of benzene rings is 1. The van der Waals surface area contributed by atoms with E-state index < -0.39 is 14.9 Å². The molecule has 0 atom stereocenters. The van der Waals surface area contributed by atoms with Crippen LogP contribution in [-0.2, 0) is 10.0 Å². The zero-order chi connectivity index (χ0) is 16.5. The maximum absolute atomic E-state index is 12.8. The highest BCUT2D eigenvalue weighted by atomic mass is 32.2. The summed E-state index contributed by atoms with van der Waals surface area (Å²) in [5, 5.41) is 11.0. The third-order valence-corrected chi connectivity index (χ3v) is 6.24. The van der Waals surface area contributed by atoms with Gasteiger partial charge in [-0.15, -0.1) is 0 Å². The first-order chi connectivity index (χ1) is 10.3. The molecular formula is C14H21N3O4S. The summed E-state index contributed by atoms with van der Waals surface area (Å²) >= 11 is 0. The Bertz CT molecular complexity index is 680. The smallest absolute Gasteiger partial charge is 0.271 e.